The Balaban J connectivity index is 2.52. The number of ether oxygens (including phenoxy) is 2. The Labute approximate surface area is 92.7 Å². The average molecular weight is 230 g/mol. The van der Waals surface area contributed by atoms with Gasteiger partial charge < -0.3 is 14.7 Å². The molecule has 1 aromatic rings. The lowest BCUT2D eigenvalue weighted by Gasteiger charge is -2.11. The van der Waals surface area contributed by atoms with Crippen LogP contribution in [0.4, 0.5) is 0 Å². The molecule has 0 aromatic heterocycles. The van der Waals surface area contributed by atoms with E-state index in [2.05, 4.69) is 5.48 Å². The van der Waals surface area contributed by atoms with Crippen molar-refractivity contribution in [2.75, 3.05) is 6.79 Å². The summed E-state index contributed by atoms with van der Waals surface area (Å²) in [5.41, 5.74) is 4.07. The Morgan fingerprint density at radius 2 is 2.20 bits per heavy atom. The average Bonchev–Trinajstić information content (AvgIpc) is 2.68. The number of halogens is 1. The van der Waals surface area contributed by atoms with Crippen LogP contribution in [0, 0.1) is 0 Å². The Kier molecular flexibility index (Phi) is 3.00. The molecule has 4 nitrogen and oxygen atoms in total. The number of rotatable bonds is 3. The fourth-order valence-electron chi connectivity index (χ4n) is 1.76. The summed E-state index contributed by atoms with van der Waals surface area (Å²) in [5.74, 6) is 1.31. The molecule has 1 aliphatic rings. The van der Waals surface area contributed by atoms with E-state index in [0.29, 0.717) is 23.1 Å². The molecule has 0 saturated carbocycles. The molecule has 1 heterocycles. The van der Waals surface area contributed by atoms with Crippen LogP contribution in [0.2, 0.25) is 5.02 Å². The molecule has 1 aromatic carbocycles. The van der Waals surface area contributed by atoms with E-state index < -0.39 is 0 Å². The van der Waals surface area contributed by atoms with Gasteiger partial charge in [-0.3, -0.25) is 0 Å². The molecule has 15 heavy (non-hydrogen) atoms. The van der Waals surface area contributed by atoms with E-state index in [0.717, 1.165) is 17.5 Å². The largest absolute Gasteiger partial charge is 0.453 e. The first kappa shape index (κ1) is 10.5. The Morgan fingerprint density at radius 1 is 1.47 bits per heavy atom. The molecule has 2 N–H and O–H groups in total. The third kappa shape index (κ3) is 1.76. The molecule has 82 valence electrons. The minimum atomic E-state index is 0.206. The van der Waals surface area contributed by atoms with Crippen LogP contribution < -0.4 is 15.0 Å². The van der Waals surface area contributed by atoms with Crippen molar-refractivity contribution in [1.29, 1.82) is 0 Å². The van der Waals surface area contributed by atoms with Gasteiger partial charge in [0.15, 0.2) is 11.5 Å². The smallest absolute Gasteiger partial charge is 0.231 e. The van der Waals surface area contributed by atoms with Crippen molar-refractivity contribution in [2.45, 2.75) is 19.9 Å². The van der Waals surface area contributed by atoms with Crippen molar-refractivity contribution in [3.05, 3.63) is 22.2 Å². The minimum absolute atomic E-state index is 0.206. The molecule has 0 spiro atoms. The minimum Gasteiger partial charge on any atom is -0.453 e. The van der Waals surface area contributed by atoms with Gasteiger partial charge in [0.05, 0.1) is 5.02 Å². The zero-order chi connectivity index (χ0) is 10.8. The quantitative estimate of drug-likeness (QED) is 0.780. The second kappa shape index (κ2) is 4.26. The predicted octanol–water partition coefficient (Wildman–Crippen LogP) is 2.11. The normalized spacial score (nSPS) is 13.3. The van der Waals surface area contributed by atoms with Gasteiger partial charge >= 0.3 is 0 Å². The molecule has 5 heteroatoms. The fraction of sp³-hybridized carbons (Fsp3) is 0.400. The summed E-state index contributed by atoms with van der Waals surface area (Å²) in [4.78, 5) is 0. The van der Waals surface area contributed by atoms with Gasteiger partial charge in [0.2, 0.25) is 6.79 Å². The van der Waals surface area contributed by atoms with Gasteiger partial charge in [-0.1, -0.05) is 18.5 Å². The Bertz CT molecular complexity index is 381. The van der Waals surface area contributed by atoms with Crippen molar-refractivity contribution in [2.24, 2.45) is 0 Å². The van der Waals surface area contributed by atoms with Crippen molar-refractivity contribution in [1.82, 2.24) is 5.48 Å². The Hall–Kier alpha value is -0.970. The standard InChI is InChI=1S/C10H12ClNO3/c1-2-7-6(4-12-13)3-8(11)10-9(7)14-5-15-10/h3,12-13H,2,4-5H2,1H3. The fourth-order valence-corrected chi connectivity index (χ4v) is 2.03. The number of hydrogen-bond acceptors (Lipinski definition) is 4. The molecule has 0 unspecified atom stereocenters. The van der Waals surface area contributed by atoms with E-state index in [4.69, 9.17) is 26.3 Å². The highest BCUT2D eigenvalue weighted by molar-refractivity contribution is 6.32. The van der Waals surface area contributed by atoms with Gasteiger partial charge in [-0.2, -0.15) is 0 Å². The zero-order valence-electron chi connectivity index (χ0n) is 8.34. The molecule has 0 saturated heterocycles. The lowest BCUT2D eigenvalue weighted by molar-refractivity contribution is 0.160. The molecule has 0 radical (unpaired) electrons. The van der Waals surface area contributed by atoms with Crippen LogP contribution in [0.5, 0.6) is 11.5 Å². The molecule has 0 atom stereocenters. The van der Waals surface area contributed by atoms with Crippen LogP contribution in [0.25, 0.3) is 0 Å². The SMILES string of the molecule is CCc1c(CNO)cc(Cl)c2c1OCO2. The lowest BCUT2D eigenvalue weighted by Crippen LogP contribution is -2.09. The van der Waals surface area contributed by atoms with Gasteiger partial charge in [0.25, 0.3) is 0 Å². The van der Waals surface area contributed by atoms with Crippen LogP contribution in [0.15, 0.2) is 6.07 Å². The van der Waals surface area contributed by atoms with E-state index >= 15 is 0 Å². The van der Waals surface area contributed by atoms with E-state index in [-0.39, 0.29) is 6.79 Å². The third-order valence-electron chi connectivity index (χ3n) is 2.42. The van der Waals surface area contributed by atoms with E-state index in [1.165, 1.54) is 0 Å². The molecular formula is C10H12ClNO3. The summed E-state index contributed by atoms with van der Waals surface area (Å²) >= 11 is 6.03. The van der Waals surface area contributed by atoms with Gasteiger partial charge in [-0.15, -0.1) is 0 Å². The molecular weight excluding hydrogens is 218 g/mol. The number of hydrogen-bond donors (Lipinski definition) is 2. The van der Waals surface area contributed by atoms with Crippen LogP contribution in [-0.2, 0) is 13.0 Å². The first-order valence-electron chi connectivity index (χ1n) is 4.74. The van der Waals surface area contributed by atoms with E-state index in [1.807, 2.05) is 6.92 Å². The summed E-state index contributed by atoms with van der Waals surface area (Å²) < 4.78 is 10.6. The highest BCUT2D eigenvalue weighted by atomic mass is 35.5. The van der Waals surface area contributed by atoms with Crippen LogP contribution in [0.1, 0.15) is 18.1 Å². The predicted molar refractivity (Wildman–Crippen MR) is 55.6 cm³/mol. The number of hydroxylamine groups is 1. The highest BCUT2D eigenvalue weighted by Crippen LogP contribution is 2.43. The zero-order valence-corrected chi connectivity index (χ0v) is 9.10. The first-order chi connectivity index (χ1) is 7.27. The van der Waals surface area contributed by atoms with Crippen molar-refractivity contribution in [3.63, 3.8) is 0 Å². The number of fused-ring (bicyclic) bond motifs is 1. The van der Waals surface area contributed by atoms with Crippen molar-refractivity contribution < 1.29 is 14.7 Å². The maximum Gasteiger partial charge on any atom is 0.231 e. The summed E-state index contributed by atoms with van der Waals surface area (Å²) in [6.45, 7) is 2.57. The molecule has 0 fully saturated rings. The topological polar surface area (TPSA) is 50.7 Å². The molecule has 0 amide bonds. The number of benzene rings is 1. The first-order valence-corrected chi connectivity index (χ1v) is 5.12. The summed E-state index contributed by atoms with van der Waals surface area (Å²) in [6.07, 6.45) is 0.805. The lowest BCUT2D eigenvalue weighted by atomic mass is 10.0. The Morgan fingerprint density at radius 3 is 2.87 bits per heavy atom. The second-order valence-corrected chi connectivity index (χ2v) is 3.66. The van der Waals surface area contributed by atoms with Gasteiger partial charge in [-0.05, 0) is 18.1 Å². The number of nitrogens with one attached hydrogen (secondary N) is 1. The highest BCUT2D eigenvalue weighted by Gasteiger charge is 2.23. The van der Waals surface area contributed by atoms with Gasteiger partial charge in [-0.25, -0.2) is 5.48 Å². The molecule has 0 bridgehead atoms. The van der Waals surface area contributed by atoms with Crippen LogP contribution >= 0.6 is 11.6 Å². The molecule has 1 aliphatic heterocycles. The van der Waals surface area contributed by atoms with Crippen LogP contribution in [0.3, 0.4) is 0 Å². The summed E-state index contributed by atoms with van der Waals surface area (Å²) in [7, 11) is 0. The van der Waals surface area contributed by atoms with Crippen LogP contribution in [-0.4, -0.2) is 12.0 Å². The maximum atomic E-state index is 8.71. The van der Waals surface area contributed by atoms with E-state index in [1.54, 1.807) is 6.07 Å². The monoisotopic (exact) mass is 229 g/mol. The van der Waals surface area contributed by atoms with E-state index in [9.17, 15) is 0 Å². The third-order valence-corrected chi connectivity index (χ3v) is 2.70. The van der Waals surface area contributed by atoms with Crippen molar-refractivity contribution in [3.8, 4) is 11.5 Å². The summed E-state index contributed by atoms with van der Waals surface area (Å²) in [5, 5.41) is 9.23. The van der Waals surface area contributed by atoms with Crippen molar-refractivity contribution >= 4 is 11.6 Å². The second-order valence-electron chi connectivity index (χ2n) is 3.25. The van der Waals surface area contributed by atoms with Gasteiger partial charge in [0.1, 0.15) is 0 Å². The maximum absolute atomic E-state index is 8.71. The molecule has 0 aliphatic carbocycles. The summed E-state index contributed by atoms with van der Waals surface area (Å²) in [6, 6.07) is 1.79. The van der Waals surface area contributed by atoms with Gasteiger partial charge in [0, 0.05) is 12.1 Å². The molecule has 2 rings (SSSR count).